The molecule has 5 nitrogen and oxygen atoms in total. The molecule has 5 heteroatoms. The Morgan fingerprint density at radius 1 is 1.11 bits per heavy atom. The highest BCUT2D eigenvalue weighted by atomic mass is 16.5. The number of amides is 1. The third kappa shape index (κ3) is 4.04. The summed E-state index contributed by atoms with van der Waals surface area (Å²) in [6, 6.07) is 12.5. The number of carbonyl (C=O) groups is 1. The maximum Gasteiger partial charge on any atom is 0.251 e. The van der Waals surface area contributed by atoms with Gasteiger partial charge in [0.15, 0.2) is 0 Å². The van der Waals surface area contributed by atoms with E-state index in [4.69, 9.17) is 14.5 Å². The Morgan fingerprint density at radius 3 is 2.50 bits per heavy atom. The lowest BCUT2D eigenvalue weighted by molar-refractivity contribution is -0.142. The van der Waals surface area contributed by atoms with E-state index in [2.05, 4.69) is 24.3 Å². The molecule has 148 valence electrons. The summed E-state index contributed by atoms with van der Waals surface area (Å²) in [5, 5.41) is 0. The number of methoxy groups -OCH3 is 1. The minimum absolute atomic E-state index is 0.173. The Bertz CT molecular complexity index is 820. The molecule has 0 aliphatic carbocycles. The van der Waals surface area contributed by atoms with Crippen LogP contribution in [0.1, 0.15) is 43.0 Å². The molecule has 2 aliphatic heterocycles. The van der Waals surface area contributed by atoms with Crippen molar-refractivity contribution in [1.82, 2.24) is 9.88 Å². The molecule has 2 fully saturated rings. The Labute approximate surface area is 166 Å². The molecule has 0 N–H and O–H groups in total. The molecule has 0 spiro atoms. The Balaban J connectivity index is 1.46. The first-order valence-corrected chi connectivity index (χ1v) is 10.2. The monoisotopic (exact) mass is 380 g/mol. The van der Waals surface area contributed by atoms with Crippen LogP contribution >= 0.6 is 0 Å². The Kier molecular flexibility index (Phi) is 5.62. The van der Waals surface area contributed by atoms with Crippen molar-refractivity contribution in [1.29, 1.82) is 0 Å². The lowest BCUT2D eigenvalue weighted by atomic mass is 9.91. The molecule has 0 saturated carbocycles. The van der Waals surface area contributed by atoms with Crippen LogP contribution in [-0.2, 0) is 9.53 Å². The number of carbonyl (C=O) groups excluding carboxylic acids is 1. The molecule has 2 aliphatic rings. The molecule has 1 aromatic carbocycles. The van der Waals surface area contributed by atoms with Gasteiger partial charge in [-0.15, -0.1) is 0 Å². The molecular weight excluding hydrogens is 352 g/mol. The van der Waals surface area contributed by atoms with E-state index in [0.717, 1.165) is 55.9 Å². The van der Waals surface area contributed by atoms with Gasteiger partial charge in [0.1, 0.15) is 11.9 Å². The van der Waals surface area contributed by atoms with Crippen molar-refractivity contribution >= 4 is 5.91 Å². The van der Waals surface area contributed by atoms with Crippen LogP contribution in [0.25, 0.3) is 11.1 Å². The van der Waals surface area contributed by atoms with Crippen molar-refractivity contribution in [3.05, 3.63) is 47.8 Å². The predicted molar refractivity (Wildman–Crippen MR) is 108 cm³/mol. The number of likely N-dealkylation sites (tertiary alicyclic amines) is 1. The minimum Gasteiger partial charge on any atom is -0.497 e. The van der Waals surface area contributed by atoms with Gasteiger partial charge in [-0.3, -0.25) is 9.78 Å². The summed E-state index contributed by atoms with van der Waals surface area (Å²) < 4.78 is 10.8. The summed E-state index contributed by atoms with van der Waals surface area (Å²) in [4.78, 5) is 19.4. The van der Waals surface area contributed by atoms with E-state index in [9.17, 15) is 4.79 Å². The first-order valence-electron chi connectivity index (χ1n) is 10.2. The van der Waals surface area contributed by atoms with Crippen LogP contribution in [0.3, 0.4) is 0 Å². The zero-order valence-electron chi connectivity index (χ0n) is 16.7. The van der Waals surface area contributed by atoms with Crippen LogP contribution in [0.2, 0.25) is 0 Å². The topological polar surface area (TPSA) is 51.7 Å². The van der Waals surface area contributed by atoms with Crippen molar-refractivity contribution in [2.75, 3.05) is 26.8 Å². The van der Waals surface area contributed by atoms with Gasteiger partial charge in [0.05, 0.1) is 7.11 Å². The summed E-state index contributed by atoms with van der Waals surface area (Å²) in [6.07, 6.45) is 3.56. The molecule has 0 bridgehead atoms. The smallest absolute Gasteiger partial charge is 0.251 e. The van der Waals surface area contributed by atoms with Crippen molar-refractivity contribution in [2.24, 2.45) is 0 Å². The maximum absolute atomic E-state index is 12.6. The molecule has 2 saturated heterocycles. The number of benzene rings is 1. The number of pyridine rings is 1. The van der Waals surface area contributed by atoms with Crippen LogP contribution < -0.4 is 4.74 Å². The lowest BCUT2D eigenvalue weighted by Gasteiger charge is -2.33. The summed E-state index contributed by atoms with van der Waals surface area (Å²) in [5.41, 5.74) is 4.51. The van der Waals surface area contributed by atoms with E-state index in [0.29, 0.717) is 12.5 Å². The van der Waals surface area contributed by atoms with E-state index < -0.39 is 0 Å². The van der Waals surface area contributed by atoms with Crippen LogP contribution in [0, 0.1) is 6.92 Å². The van der Waals surface area contributed by atoms with Crippen LogP contribution in [0.4, 0.5) is 0 Å². The number of hydrogen-bond acceptors (Lipinski definition) is 4. The highest BCUT2D eigenvalue weighted by Crippen LogP contribution is 2.31. The van der Waals surface area contributed by atoms with Gasteiger partial charge in [0.2, 0.25) is 0 Å². The van der Waals surface area contributed by atoms with Gasteiger partial charge >= 0.3 is 0 Å². The first kappa shape index (κ1) is 18.9. The fourth-order valence-electron chi connectivity index (χ4n) is 4.23. The zero-order valence-corrected chi connectivity index (χ0v) is 16.7. The SMILES string of the molecule is COc1ccc(-c2cc(C)nc(C3CCN(C(=O)[C@@H]4CCCO4)CC3)c2)cc1. The van der Waals surface area contributed by atoms with Gasteiger partial charge in [-0.25, -0.2) is 0 Å². The number of aromatic nitrogens is 1. The molecule has 0 unspecified atom stereocenters. The lowest BCUT2D eigenvalue weighted by Crippen LogP contribution is -2.43. The molecular formula is C23H28N2O3. The summed E-state index contributed by atoms with van der Waals surface area (Å²) >= 11 is 0. The Hall–Kier alpha value is -2.40. The fourth-order valence-corrected chi connectivity index (χ4v) is 4.23. The average Bonchev–Trinajstić information content (AvgIpc) is 3.28. The molecule has 1 atom stereocenters. The van der Waals surface area contributed by atoms with Gasteiger partial charge in [0.25, 0.3) is 5.91 Å². The highest BCUT2D eigenvalue weighted by Gasteiger charge is 2.31. The summed E-state index contributed by atoms with van der Waals surface area (Å²) in [7, 11) is 1.68. The summed E-state index contributed by atoms with van der Waals surface area (Å²) in [5.74, 6) is 1.43. The van der Waals surface area contributed by atoms with Crippen LogP contribution in [0.5, 0.6) is 5.75 Å². The molecule has 28 heavy (non-hydrogen) atoms. The largest absolute Gasteiger partial charge is 0.497 e. The van der Waals surface area contributed by atoms with Crippen molar-refractivity contribution in [3.8, 4) is 16.9 Å². The maximum atomic E-state index is 12.6. The normalized spacial score (nSPS) is 20.4. The van der Waals surface area contributed by atoms with Crippen LogP contribution in [-0.4, -0.2) is 48.7 Å². The van der Waals surface area contributed by atoms with Gasteiger partial charge in [-0.1, -0.05) is 12.1 Å². The molecule has 0 radical (unpaired) electrons. The number of nitrogens with zero attached hydrogens (tertiary/aromatic N) is 2. The average molecular weight is 380 g/mol. The van der Waals surface area contributed by atoms with Crippen molar-refractivity contribution in [3.63, 3.8) is 0 Å². The quantitative estimate of drug-likeness (QED) is 0.806. The molecule has 2 aromatic rings. The molecule has 4 rings (SSSR count). The standard InChI is InChI=1S/C23H28N2O3/c1-16-14-19(17-5-7-20(27-2)8-6-17)15-21(24-16)18-9-11-25(12-10-18)23(26)22-4-3-13-28-22/h5-8,14-15,18,22H,3-4,9-13H2,1-2H3/t22-/m0/s1. The Morgan fingerprint density at radius 2 is 1.86 bits per heavy atom. The van der Waals surface area contributed by atoms with Crippen molar-refractivity contribution in [2.45, 2.75) is 44.6 Å². The van der Waals surface area contributed by atoms with E-state index in [1.807, 2.05) is 24.0 Å². The number of ether oxygens (including phenoxy) is 2. The number of aryl methyl sites for hydroxylation is 1. The second-order valence-corrected chi connectivity index (χ2v) is 7.75. The number of piperidine rings is 1. The second-order valence-electron chi connectivity index (χ2n) is 7.75. The third-order valence-electron chi connectivity index (χ3n) is 5.83. The van der Waals surface area contributed by atoms with Gasteiger partial charge in [0, 0.05) is 37.0 Å². The van der Waals surface area contributed by atoms with Gasteiger partial charge in [-0.2, -0.15) is 0 Å². The van der Waals surface area contributed by atoms with E-state index in [1.165, 1.54) is 11.1 Å². The fraction of sp³-hybridized carbons (Fsp3) is 0.478. The van der Waals surface area contributed by atoms with E-state index in [1.54, 1.807) is 7.11 Å². The molecule has 3 heterocycles. The molecule has 1 aromatic heterocycles. The number of rotatable bonds is 4. The van der Waals surface area contributed by atoms with Gasteiger partial charge in [-0.05, 0) is 68.0 Å². The van der Waals surface area contributed by atoms with Gasteiger partial charge < -0.3 is 14.4 Å². The molecule has 1 amide bonds. The van der Waals surface area contributed by atoms with E-state index >= 15 is 0 Å². The number of hydrogen-bond donors (Lipinski definition) is 0. The third-order valence-corrected chi connectivity index (χ3v) is 5.83. The minimum atomic E-state index is -0.213. The highest BCUT2D eigenvalue weighted by molar-refractivity contribution is 5.81. The predicted octanol–water partition coefficient (Wildman–Crippen LogP) is 3.95. The first-order chi connectivity index (χ1) is 13.6. The van der Waals surface area contributed by atoms with E-state index in [-0.39, 0.29) is 12.0 Å². The second kappa shape index (κ2) is 8.31. The van der Waals surface area contributed by atoms with Crippen LogP contribution in [0.15, 0.2) is 36.4 Å². The van der Waals surface area contributed by atoms with Crippen molar-refractivity contribution < 1.29 is 14.3 Å². The summed E-state index contributed by atoms with van der Waals surface area (Å²) in [6.45, 7) is 4.34. The zero-order chi connectivity index (χ0) is 19.5.